The zero-order valence-corrected chi connectivity index (χ0v) is 16.2. The summed E-state index contributed by atoms with van der Waals surface area (Å²) in [5.41, 5.74) is 1.40. The van der Waals surface area contributed by atoms with Crippen LogP contribution in [-0.4, -0.2) is 40.1 Å². The predicted octanol–water partition coefficient (Wildman–Crippen LogP) is 3.06. The highest BCUT2D eigenvalue weighted by atomic mass is 16.2. The zero-order valence-electron chi connectivity index (χ0n) is 16.2. The lowest BCUT2D eigenvalue weighted by molar-refractivity contribution is -0.132. The van der Waals surface area contributed by atoms with Crippen LogP contribution in [0.2, 0.25) is 0 Å². The highest BCUT2D eigenvalue weighted by molar-refractivity contribution is 6.23. The van der Waals surface area contributed by atoms with E-state index in [1.54, 1.807) is 18.2 Å². The Bertz CT molecular complexity index is 841. The minimum absolute atomic E-state index is 0.149. The standard InChI is InChI=1S/C22H25NO5/c1-2-3-4-5-15(24)8-6-14-7-10-17-18(12-14)22(28)23(21(17)27)19-11-9-16(25)13-20(19)26/h7,10,12,19H,2-6,8-9,11,13H2,1H3. The molecule has 1 fully saturated rings. The first-order chi connectivity index (χ1) is 13.4. The van der Waals surface area contributed by atoms with Gasteiger partial charge in [0.25, 0.3) is 11.8 Å². The summed E-state index contributed by atoms with van der Waals surface area (Å²) in [4.78, 5) is 62.1. The molecule has 1 heterocycles. The van der Waals surface area contributed by atoms with E-state index in [0.29, 0.717) is 19.3 Å². The van der Waals surface area contributed by atoms with Crippen molar-refractivity contribution < 1.29 is 24.0 Å². The molecule has 2 amide bonds. The second-order valence-corrected chi connectivity index (χ2v) is 7.59. The van der Waals surface area contributed by atoms with Gasteiger partial charge in [-0.15, -0.1) is 0 Å². The SMILES string of the molecule is CCCCCC(=O)CCc1ccc2c(c1)C(=O)N(C1CCC(=O)CC1=O)C2=O. The van der Waals surface area contributed by atoms with Gasteiger partial charge in [0.2, 0.25) is 0 Å². The maximum atomic E-state index is 12.8. The van der Waals surface area contributed by atoms with Crippen LogP contribution in [0.5, 0.6) is 0 Å². The van der Waals surface area contributed by atoms with Gasteiger partial charge >= 0.3 is 0 Å². The van der Waals surface area contributed by atoms with E-state index in [4.69, 9.17) is 0 Å². The molecule has 1 aromatic rings. The van der Waals surface area contributed by atoms with E-state index in [1.807, 2.05) is 0 Å². The maximum absolute atomic E-state index is 12.8. The summed E-state index contributed by atoms with van der Waals surface area (Å²) in [6, 6.07) is 4.17. The molecule has 0 aromatic heterocycles. The largest absolute Gasteiger partial charge is 0.300 e. The number of ketones is 3. The lowest BCUT2D eigenvalue weighted by Gasteiger charge is -2.27. The Balaban J connectivity index is 1.69. The van der Waals surface area contributed by atoms with E-state index >= 15 is 0 Å². The molecule has 3 rings (SSSR count). The molecule has 1 unspecified atom stereocenters. The molecule has 0 bridgehead atoms. The number of fused-ring (bicyclic) bond motifs is 1. The Labute approximate surface area is 164 Å². The quantitative estimate of drug-likeness (QED) is 0.391. The van der Waals surface area contributed by atoms with Crippen LogP contribution in [0.25, 0.3) is 0 Å². The van der Waals surface area contributed by atoms with Crippen molar-refractivity contribution in [2.24, 2.45) is 0 Å². The van der Waals surface area contributed by atoms with E-state index in [1.165, 1.54) is 0 Å². The predicted molar refractivity (Wildman–Crippen MR) is 102 cm³/mol. The number of aryl methyl sites for hydroxylation is 1. The molecule has 2 aliphatic rings. The number of nitrogens with zero attached hydrogens (tertiary/aromatic N) is 1. The smallest absolute Gasteiger partial charge is 0.262 e. The van der Waals surface area contributed by atoms with Gasteiger partial charge in [0.1, 0.15) is 11.6 Å². The van der Waals surface area contributed by atoms with E-state index in [0.717, 1.165) is 29.7 Å². The van der Waals surface area contributed by atoms with Crippen molar-refractivity contribution in [3.05, 3.63) is 34.9 Å². The monoisotopic (exact) mass is 383 g/mol. The Hall–Kier alpha value is -2.63. The van der Waals surface area contributed by atoms with Gasteiger partial charge in [0.05, 0.1) is 23.6 Å². The molecule has 0 radical (unpaired) electrons. The average molecular weight is 383 g/mol. The normalized spacial score (nSPS) is 19.3. The topological polar surface area (TPSA) is 88.6 Å². The summed E-state index contributed by atoms with van der Waals surface area (Å²) in [6.45, 7) is 2.09. The summed E-state index contributed by atoms with van der Waals surface area (Å²) in [7, 11) is 0. The molecule has 28 heavy (non-hydrogen) atoms. The lowest BCUT2D eigenvalue weighted by Crippen LogP contribution is -2.47. The second-order valence-electron chi connectivity index (χ2n) is 7.59. The third-order valence-corrected chi connectivity index (χ3v) is 5.49. The average Bonchev–Trinajstić information content (AvgIpc) is 2.91. The summed E-state index contributed by atoms with van der Waals surface area (Å²) < 4.78 is 0. The van der Waals surface area contributed by atoms with E-state index in [9.17, 15) is 24.0 Å². The van der Waals surface area contributed by atoms with Crippen LogP contribution in [0.3, 0.4) is 0 Å². The summed E-state index contributed by atoms with van der Waals surface area (Å²) in [5.74, 6) is -1.28. The number of rotatable bonds is 8. The Morgan fingerprint density at radius 3 is 2.50 bits per heavy atom. The Kier molecular flexibility index (Phi) is 6.17. The Morgan fingerprint density at radius 2 is 1.79 bits per heavy atom. The molecule has 0 saturated heterocycles. The van der Waals surface area contributed by atoms with Crippen LogP contribution in [0.15, 0.2) is 18.2 Å². The Morgan fingerprint density at radius 1 is 1.04 bits per heavy atom. The van der Waals surface area contributed by atoms with Crippen molar-refractivity contribution in [3.63, 3.8) is 0 Å². The minimum Gasteiger partial charge on any atom is -0.300 e. The summed E-state index contributed by atoms with van der Waals surface area (Å²) in [6.07, 6.45) is 4.71. The maximum Gasteiger partial charge on any atom is 0.262 e. The fourth-order valence-electron chi connectivity index (χ4n) is 3.86. The van der Waals surface area contributed by atoms with Crippen molar-refractivity contribution in [1.29, 1.82) is 0 Å². The highest BCUT2D eigenvalue weighted by Gasteiger charge is 2.44. The molecular formula is C22H25NO5. The van der Waals surface area contributed by atoms with Gasteiger partial charge in [-0.05, 0) is 37.0 Å². The molecule has 6 heteroatoms. The van der Waals surface area contributed by atoms with Crippen LogP contribution < -0.4 is 0 Å². The number of carbonyl (C=O) groups excluding carboxylic acids is 5. The number of unbranched alkanes of at least 4 members (excludes halogenated alkanes) is 2. The van der Waals surface area contributed by atoms with Crippen molar-refractivity contribution in [2.45, 2.75) is 70.8 Å². The van der Waals surface area contributed by atoms with Crippen molar-refractivity contribution in [2.75, 3.05) is 0 Å². The molecule has 148 valence electrons. The summed E-state index contributed by atoms with van der Waals surface area (Å²) in [5, 5.41) is 0. The van der Waals surface area contributed by atoms with E-state index in [-0.39, 0.29) is 47.7 Å². The van der Waals surface area contributed by atoms with Gasteiger partial charge in [0.15, 0.2) is 5.78 Å². The van der Waals surface area contributed by atoms with Crippen LogP contribution in [-0.2, 0) is 20.8 Å². The first-order valence-corrected chi connectivity index (χ1v) is 9.99. The fraction of sp³-hybridized carbons (Fsp3) is 0.500. The molecule has 0 N–H and O–H groups in total. The lowest BCUT2D eigenvalue weighted by atomic mass is 9.92. The van der Waals surface area contributed by atoms with Crippen LogP contribution in [0.1, 0.15) is 84.6 Å². The molecular weight excluding hydrogens is 358 g/mol. The number of hydrogen-bond donors (Lipinski definition) is 0. The minimum atomic E-state index is -0.853. The first kappa shape index (κ1) is 20.1. The number of Topliss-reactive ketones (excluding diaryl/α,β-unsaturated/α-hetero) is 3. The van der Waals surface area contributed by atoms with Gasteiger partial charge in [-0.25, -0.2) is 0 Å². The van der Waals surface area contributed by atoms with Gasteiger partial charge in [-0.2, -0.15) is 0 Å². The van der Waals surface area contributed by atoms with Crippen molar-refractivity contribution in [3.8, 4) is 0 Å². The summed E-state index contributed by atoms with van der Waals surface area (Å²) >= 11 is 0. The highest BCUT2D eigenvalue weighted by Crippen LogP contribution is 2.30. The number of carbonyl (C=O) groups is 5. The van der Waals surface area contributed by atoms with E-state index in [2.05, 4.69) is 6.92 Å². The number of amides is 2. The molecule has 1 atom stereocenters. The van der Waals surface area contributed by atoms with Crippen LogP contribution in [0.4, 0.5) is 0 Å². The second kappa shape index (κ2) is 8.59. The number of imide groups is 1. The first-order valence-electron chi connectivity index (χ1n) is 9.99. The molecule has 1 aliphatic heterocycles. The number of hydrogen-bond acceptors (Lipinski definition) is 5. The molecule has 1 aliphatic carbocycles. The van der Waals surface area contributed by atoms with Crippen LogP contribution >= 0.6 is 0 Å². The molecule has 0 spiro atoms. The zero-order chi connectivity index (χ0) is 20.3. The van der Waals surface area contributed by atoms with Crippen molar-refractivity contribution in [1.82, 2.24) is 4.90 Å². The van der Waals surface area contributed by atoms with E-state index < -0.39 is 17.9 Å². The fourth-order valence-corrected chi connectivity index (χ4v) is 3.86. The number of benzene rings is 1. The van der Waals surface area contributed by atoms with Crippen LogP contribution in [0, 0.1) is 0 Å². The van der Waals surface area contributed by atoms with Gasteiger partial charge < -0.3 is 0 Å². The van der Waals surface area contributed by atoms with Gasteiger partial charge in [-0.1, -0.05) is 25.8 Å². The molecule has 1 aromatic carbocycles. The van der Waals surface area contributed by atoms with Gasteiger partial charge in [-0.3, -0.25) is 28.9 Å². The molecule has 6 nitrogen and oxygen atoms in total. The van der Waals surface area contributed by atoms with Crippen molar-refractivity contribution >= 4 is 29.2 Å². The third kappa shape index (κ3) is 4.11. The third-order valence-electron chi connectivity index (χ3n) is 5.49. The van der Waals surface area contributed by atoms with Gasteiger partial charge in [0, 0.05) is 19.3 Å². The molecule has 1 saturated carbocycles.